The minimum Gasteiger partial charge on any atom is -0.374 e. The molecule has 2 heteroatoms. The molecular formula is C17H33IO. The zero-order valence-electron chi connectivity index (χ0n) is 13.2. The number of hydrogen-bond acceptors (Lipinski definition) is 1. The van der Waals surface area contributed by atoms with E-state index in [0.29, 0.717) is 0 Å². The van der Waals surface area contributed by atoms with Crippen molar-refractivity contribution in [1.29, 1.82) is 0 Å². The molecule has 0 bridgehead atoms. The molecular weight excluding hydrogens is 347 g/mol. The van der Waals surface area contributed by atoms with Crippen LogP contribution in [-0.4, -0.2) is 16.6 Å². The Balaban J connectivity index is 2.39. The predicted molar refractivity (Wildman–Crippen MR) is 93.1 cm³/mol. The van der Waals surface area contributed by atoms with E-state index in [0.717, 1.165) is 18.4 Å². The van der Waals surface area contributed by atoms with Crippen molar-refractivity contribution in [2.45, 2.75) is 84.2 Å². The maximum absolute atomic E-state index is 6.46. The molecule has 1 fully saturated rings. The van der Waals surface area contributed by atoms with Crippen LogP contribution in [0.1, 0.15) is 78.6 Å². The van der Waals surface area contributed by atoms with E-state index < -0.39 is 0 Å². The summed E-state index contributed by atoms with van der Waals surface area (Å²) in [5, 5.41) is 0. The molecule has 1 aliphatic carbocycles. The molecule has 0 radical (unpaired) electrons. The maximum atomic E-state index is 6.46. The summed E-state index contributed by atoms with van der Waals surface area (Å²) in [6, 6.07) is 0. The van der Waals surface area contributed by atoms with Gasteiger partial charge in [0.2, 0.25) is 0 Å². The lowest BCUT2D eigenvalue weighted by molar-refractivity contribution is -0.0738. The Hall–Kier alpha value is 0.690. The van der Waals surface area contributed by atoms with E-state index in [9.17, 15) is 0 Å². The second-order valence-electron chi connectivity index (χ2n) is 6.40. The van der Waals surface area contributed by atoms with Gasteiger partial charge in [0.25, 0.3) is 0 Å². The highest BCUT2D eigenvalue weighted by Crippen LogP contribution is 2.38. The van der Waals surface area contributed by atoms with Gasteiger partial charge in [0, 0.05) is 4.43 Å². The summed E-state index contributed by atoms with van der Waals surface area (Å²) in [4.78, 5) is 0. The number of unbranched alkanes of at least 4 members (excludes halogenated alkanes) is 1. The summed E-state index contributed by atoms with van der Waals surface area (Å²) < 4.78 is 7.63. The van der Waals surface area contributed by atoms with Crippen LogP contribution < -0.4 is 0 Å². The Morgan fingerprint density at radius 3 is 2.37 bits per heavy atom. The summed E-state index contributed by atoms with van der Waals surface area (Å²) in [6.45, 7) is 7.93. The molecule has 1 nitrogen and oxygen atoms in total. The quantitative estimate of drug-likeness (QED) is 0.352. The van der Waals surface area contributed by atoms with E-state index in [4.69, 9.17) is 4.74 Å². The van der Waals surface area contributed by atoms with Gasteiger partial charge in [-0.1, -0.05) is 69.0 Å². The van der Waals surface area contributed by atoms with E-state index in [-0.39, 0.29) is 5.60 Å². The van der Waals surface area contributed by atoms with Crippen molar-refractivity contribution in [3.8, 4) is 0 Å². The van der Waals surface area contributed by atoms with E-state index >= 15 is 0 Å². The average Bonchev–Trinajstić information content (AvgIpc) is 2.48. The molecule has 0 aliphatic heterocycles. The Bertz CT molecular complexity index is 221. The molecule has 1 atom stereocenters. The largest absolute Gasteiger partial charge is 0.374 e. The van der Waals surface area contributed by atoms with Crippen LogP contribution in [0.3, 0.4) is 0 Å². The van der Waals surface area contributed by atoms with Gasteiger partial charge in [-0.2, -0.15) is 0 Å². The zero-order valence-corrected chi connectivity index (χ0v) is 15.4. The molecule has 19 heavy (non-hydrogen) atoms. The zero-order chi connectivity index (χ0) is 14.1. The molecule has 0 saturated heterocycles. The first kappa shape index (κ1) is 17.7. The SMILES string of the molecule is CCCCC(CC)COC1(CI)CCC(CC)CC1. The van der Waals surface area contributed by atoms with Crippen molar-refractivity contribution in [3.63, 3.8) is 0 Å². The van der Waals surface area contributed by atoms with Crippen LogP contribution in [0, 0.1) is 11.8 Å². The average molecular weight is 380 g/mol. The molecule has 0 aromatic heterocycles. The van der Waals surface area contributed by atoms with Gasteiger partial charge in [-0.3, -0.25) is 0 Å². The topological polar surface area (TPSA) is 9.23 Å². The van der Waals surface area contributed by atoms with Crippen molar-refractivity contribution in [1.82, 2.24) is 0 Å². The third kappa shape index (κ3) is 5.91. The molecule has 1 unspecified atom stereocenters. The van der Waals surface area contributed by atoms with Gasteiger partial charge in [0.1, 0.15) is 0 Å². The molecule has 0 N–H and O–H groups in total. The Kier molecular flexibility index (Phi) is 8.96. The number of alkyl halides is 1. The molecule has 1 saturated carbocycles. The molecule has 1 aliphatic rings. The van der Waals surface area contributed by atoms with E-state index in [2.05, 4.69) is 43.4 Å². The lowest BCUT2D eigenvalue weighted by Gasteiger charge is -2.39. The van der Waals surface area contributed by atoms with Gasteiger partial charge in [-0.05, 0) is 43.9 Å². The third-order valence-corrected chi connectivity index (χ3v) is 6.40. The molecule has 0 heterocycles. The van der Waals surface area contributed by atoms with Crippen LogP contribution in [0.5, 0.6) is 0 Å². The highest BCUT2D eigenvalue weighted by atomic mass is 127. The van der Waals surface area contributed by atoms with Crippen LogP contribution in [0.2, 0.25) is 0 Å². The van der Waals surface area contributed by atoms with Crippen LogP contribution in [0.4, 0.5) is 0 Å². The number of halogens is 1. The van der Waals surface area contributed by atoms with Gasteiger partial charge in [-0.15, -0.1) is 0 Å². The molecule has 0 aromatic rings. The minimum absolute atomic E-state index is 0.214. The highest BCUT2D eigenvalue weighted by molar-refractivity contribution is 14.1. The number of rotatable bonds is 9. The van der Waals surface area contributed by atoms with Crippen LogP contribution in [0.25, 0.3) is 0 Å². The summed E-state index contributed by atoms with van der Waals surface area (Å²) in [5.74, 6) is 1.74. The number of ether oxygens (including phenoxy) is 1. The fraction of sp³-hybridized carbons (Fsp3) is 1.00. The smallest absolute Gasteiger partial charge is 0.0771 e. The van der Waals surface area contributed by atoms with Gasteiger partial charge in [0.15, 0.2) is 0 Å². The van der Waals surface area contributed by atoms with Crippen LogP contribution in [0.15, 0.2) is 0 Å². The van der Waals surface area contributed by atoms with Crippen LogP contribution in [-0.2, 0) is 4.74 Å². The fourth-order valence-electron chi connectivity index (χ4n) is 3.12. The Labute approximate surface area is 134 Å². The predicted octanol–water partition coefficient (Wildman–Crippen LogP) is 5.99. The van der Waals surface area contributed by atoms with Gasteiger partial charge in [-0.25, -0.2) is 0 Å². The first-order chi connectivity index (χ1) is 9.19. The number of hydrogen-bond donors (Lipinski definition) is 0. The van der Waals surface area contributed by atoms with E-state index in [1.165, 1.54) is 62.2 Å². The van der Waals surface area contributed by atoms with Crippen molar-refractivity contribution in [2.24, 2.45) is 11.8 Å². The third-order valence-electron chi connectivity index (χ3n) is 5.01. The second kappa shape index (κ2) is 9.59. The summed E-state index contributed by atoms with van der Waals surface area (Å²) in [6.07, 6.45) is 12.0. The monoisotopic (exact) mass is 380 g/mol. The molecule has 0 spiro atoms. The molecule has 1 rings (SSSR count). The van der Waals surface area contributed by atoms with Gasteiger partial charge in [0.05, 0.1) is 12.2 Å². The lowest BCUT2D eigenvalue weighted by atomic mass is 9.78. The van der Waals surface area contributed by atoms with Gasteiger partial charge < -0.3 is 4.74 Å². The van der Waals surface area contributed by atoms with Crippen LogP contribution >= 0.6 is 22.6 Å². The van der Waals surface area contributed by atoms with Crippen molar-refractivity contribution < 1.29 is 4.74 Å². The first-order valence-corrected chi connectivity index (χ1v) is 9.92. The molecule has 0 aromatic carbocycles. The van der Waals surface area contributed by atoms with Crippen molar-refractivity contribution in [2.75, 3.05) is 11.0 Å². The Morgan fingerprint density at radius 2 is 1.89 bits per heavy atom. The maximum Gasteiger partial charge on any atom is 0.0771 e. The van der Waals surface area contributed by atoms with Gasteiger partial charge >= 0.3 is 0 Å². The summed E-state index contributed by atoms with van der Waals surface area (Å²) >= 11 is 2.54. The van der Waals surface area contributed by atoms with E-state index in [1.54, 1.807) is 0 Å². The van der Waals surface area contributed by atoms with Crippen molar-refractivity contribution in [3.05, 3.63) is 0 Å². The first-order valence-electron chi connectivity index (χ1n) is 8.39. The standard InChI is InChI=1S/C17H33IO/c1-4-7-8-16(6-3)13-19-17(14-18)11-9-15(5-2)10-12-17/h15-16H,4-14H2,1-3H3. The summed E-state index contributed by atoms with van der Waals surface area (Å²) in [7, 11) is 0. The summed E-state index contributed by atoms with van der Waals surface area (Å²) in [5.41, 5.74) is 0.214. The Morgan fingerprint density at radius 1 is 1.21 bits per heavy atom. The second-order valence-corrected chi connectivity index (χ2v) is 7.16. The lowest BCUT2D eigenvalue weighted by Crippen LogP contribution is -2.40. The van der Waals surface area contributed by atoms with Crippen molar-refractivity contribution >= 4 is 22.6 Å². The molecule has 114 valence electrons. The van der Waals surface area contributed by atoms with E-state index in [1.807, 2.05) is 0 Å². The normalized spacial score (nSPS) is 29.4. The molecule has 0 amide bonds. The minimum atomic E-state index is 0.214. The highest BCUT2D eigenvalue weighted by Gasteiger charge is 2.35. The fourth-order valence-corrected chi connectivity index (χ4v) is 4.10.